The van der Waals surface area contributed by atoms with Gasteiger partial charge in [-0.1, -0.05) is 68.6 Å². The van der Waals surface area contributed by atoms with Gasteiger partial charge in [-0.3, -0.25) is 9.36 Å². The minimum atomic E-state index is -0.0710. The van der Waals surface area contributed by atoms with E-state index in [2.05, 4.69) is 31.2 Å². The predicted molar refractivity (Wildman–Crippen MR) is 114 cm³/mol. The van der Waals surface area contributed by atoms with E-state index in [1.807, 2.05) is 10.6 Å². The maximum Gasteiger partial charge on any atom is 0.258 e. The molecule has 0 aliphatic heterocycles. The molecular weight excluding hydrogens is 366 g/mol. The van der Waals surface area contributed by atoms with E-state index in [0.29, 0.717) is 17.5 Å². The molecule has 2 aliphatic carbocycles. The molecule has 2 aliphatic rings. The van der Waals surface area contributed by atoms with Crippen molar-refractivity contribution in [3.05, 3.63) is 45.7 Å². The van der Waals surface area contributed by atoms with E-state index in [1.54, 1.807) is 0 Å². The third-order valence-electron chi connectivity index (χ3n) is 6.28. The molecule has 0 saturated heterocycles. The zero-order valence-electron chi connectivity index (χ0n) is 16.5. The van der Waals surface area contributed by atoms with Gasteiger partial charge in [0.2, 0.25) is 0 Å². The molecule has 1 aromatic heterocycles. The first-order valence-electron chi connectivity index (χ1n) is 10.4. The van der Waals surface area contributed by atoms with E-state index in [4.69, 9.17) is 10.2 Å². The fourth-order valence-electron chi connectivity index (χ4n) is 4.94. The quantitative estimate of drug-likeness (QED) is 0.525. The Labute approximate surface area is 171 Å². The van der Waals surface area contributed by atoms with Gasteiger partial charge in [0.1, 0.15) is 0 Å². The number of unbranched alkanes of at least 4 members (excludes halogenated alkanes) is 1. The number of nitriles is 1. The highest BCUT2D eigenvalue weighted by atomic mass is 32.2. The summed E-state index contributed by atoms with van der Waals surface area (Å²) in [6, 6.07) is 10.6. The monoisotopic (exact) mass is 393 g/mol. The summed E-state index contributed by atoms with van der Waals surface area (Å²) in [4.78, 5) is 18.8. The largest absolute Gasteiger partial charge is 0.287 e. The average molecular weight is 394 g/mol. The number of hydrogen-bond acceptors (Lipinski definition) is 4. The second-order valence-electron chi connectivity index (χ2n) is 8.05. The molecule has 146 valence electrons. The van der Waals surface area contributed by atoms with Gasteiger partial charge in [-0.25, -0.2) is 4.98 Å². The molecule has 5 heteroatoms. The average Bonchev–Trinajstić information content (AvgIpc) is 2.72. The van der Waals surface area contributed by atoms with Crippen LogP contribution in [0, 0.1) is 11.3 Å². The highest BCUT2D eigenvalue weighted by Crippen LogP contribution is 2.48. The summed E-state index contributed by atoms with van der Waals surface area (Å²) in [6.07, 6.45) is 8.69. The Balaban J connectivity index is 1.96. The van der Waals surface area contributed by atoms with E-state index in [-0.39, 0.29) is 11.0 Å². The first kappa shape index (κ1) is 19.3. The van der Waals surface area contributed by atoms with Crippen molar-refractivity contribution in [1.82, 2.24) is 9.55 Å². The summed E-state index contributed by atoms with van der Waals surface area (Å²) < 4.78 is 1.86. The molecule has 2 aromatic rings. The first-order chi connectivity index (χ1) is 13.7. The van der Waals surface area contributed by atoms with Crippen LogP contribution in [0.4, 0.5) is 0 Å². The summed E-state index contributed by atoms with van der Waals surface area (Å²) in [5.74, 6) is 0.310. The Bertz CT molecular complexity index is 967. The lowest BCUT2D eigenvalue weighted by Crippen LogP contribution is -2.43. The standard InChI is InChI=1S/C23H27N3OS/c1-2-3-14-26-21(27)19-20(25-22(26)28-15-13-24)18-10-6-5-9-17(18)16-23(19)11-7-4-8-12-23/h5-6,9-10H,2-4,7-8,11-12,14-16H2,1H3. The van der Waals surface area contributed by atoms with Gasteiger partial charge in [-0.05, 0) is 31.2 Å². The van der Waals surface area contributed by atoms with Gasteiger partial charge in [0.15, 0.2) is 5.16 Å². The maximum absolute atomic E-state index is 13.8. The van der Waals surface area contributed by atoms with E-state index in [9.17, 15) is 4.79 Å². The van der Waals surface area contributed by atoms with Crippen LogP contribution in [0.5, 0.6) is 0 Å². The molecule has 0 unspecified atom stereocenters. The number of aromatic nitrogens is 2. The zero-order valence-corrected chi connectivity index (χ0v) is 17.4. The van der Waals surface area contributed by atoms with E-state index >= 15 is 0 Å². The predicted octanol–water partition coefficient (Wildman–Crippen LogP) is 5.08. The van der Waals surface area contributed by atoms with Crippen molar-refractivity contribution in [2.45, 2.75) is 75.4 Å². The lowest BCUT2D eigenvalue weighted by atomic mass is 9.62. The van der Waals surface area contributed by atoms with Gasteiger partial charge in [0.05, 0.1) is 23.1 Å². The van der Waals surface area contributed by atoms with Crippen molar-refractivity contribution in [3.63, 3.8) is 0 Å². The minimum absolute atomic E-state index is 0.0710. The maximum atomic E-state index is 13.8. The normalized spacial score (nSPS) is 17.0. The smallest absolute Gasteiger partial charge is 0.258 e. The molecule has 1 aromatic carbocycles. The molecular formula is C23H27N3OS. The lowest BCUT2D eigenvalue weighted by molar-refractivity contribution is 0.281. The molecule has 0 bridgehead atoms. The first-order valence-corrected chi connectivity index (χ1v) is 11.4. The van der Waals surface area contributed by atoms with Crippen molar-refractivity contribution < 1.29 is 0 Å². The molecule has 0 atom stereocenters. The SMILES string of the molecule is CCCCn1c(SCC#N)nc2c(c1=O)C1(CCCCC1)Cc1ccccc1-2. The molecule has 0 N–H and O–H groups in total. The van der Waals surface area contributed by atoms with Crippen LogP contribution >= 0.6 is 11.8 Å². The van der Waals surface area contributed by atoms with Crippen LogP contribution in [0.3, 0.4) is 0 Å². The zero-order chi connectivity index (χ0) is 19.6. The Hall–Kier alpha value is -2.06. The van der Waals surface area contributed by atoms with Crippen LogP contribution in [0.25, 0.3) is 11.3 Å². The second kappa shape index (κ2) is 8.13. The minimum Gasteiger partial charge on any atom is -0.287 e. The van der Waals surface area contributed by atoms with Gasteiger partial charge in [-0.15, -0.1) is 0 Å². The van der Waals surface area contributed by atoms with Crippen molar-refractivity contribution in [2.75, 3.05) is 5.75 Å². The van der Waals surface area contributed by atoms with Crippen molar-refractivity contribution in [3.8, 4) is 17.3 Å². The van der Waals surface area contributed by atoms with E-state index < -0.39 is 0 Å². The van der Waals surface area contributed by atoms with Crippen LogP contribution in [0.15, 0.2) is 34.2 Å². The van der Waals surface area contributed by atoms with Gasteiger partial charge in [-0.2, -0.15) is 5.26 Å². The third-order valence-corrected chi connectivity index (χ3v) is 7.12. The van der Waals surface area contributed by atoms with E-state index in [0.717, 1.165) is 48.9 Å². The Kier molecular flexibility index (Phi) is 5.59. The summed E-state index contributed by atoms with van der Waals surface area (Å²) in [5, 5.41) is 9.77. The Morgan fingerprint density at radius 2 is 2.04 bits per heavy atom. The summed E-state index contributed by atoms with van der Waals surface area (Å²) in [5.41, 5.74) is 4.30. The summed E-state index contributed by atoms with van der Waals surface area (Å²) in [7, 11) is 0. The summed E-state index contributed by atoms with van der Waals surface area (Å²) >= 11 is 1.38. The highest BCUT2D eigenvalue weighted by molar-refractivity contribution is 7.99. The van der Waals surface area contributed by atoms with Crippen LogP contribution < -0.4 is 5.56 Å². The number of benzene rings is 1. The lowest BCUT2D eigenvalue weighted by Gasteiger charge is -2.42. The van der Waals surface area contributed by atoms with Crippen molar-refractivity contribution >= 4 is 11.8 Å². The molecule has 4 nitrogen and oxygen atoms in total. The fraction of sp³-hybridized carbons (Fsp3) is 0.522. The van der Waals surface area contributed by atoms with Gasteiger partial charge in [0, 0.05) is 17.5 Å². The fourth-order valence-corrected chi connectivity index (χ4v) is 5.62. The second-order valence-corrected chi connectivity index (χ2v) is 8.99. The molecule has 4 rings (SSSR count). The van der Waals surface area contributed by atoms with Crippen molar-refractivity contribution in [2.24, 2.45) is 0 Å². The number of nitrogens with zero attached hydrogens (tertiary/aromatic N) is 3. The summed E-state index contributed by atoms with van der Waals surface area (Å²) in [6.45, 7) is 2.82. The van der Waals surface area contributed by atoms with Gasteiger partial charge < -0.3 is 0 Å². The van der Waals surface area contributed by atoms with Crippen LogP contribution in [0.1, 0.15) is 63.0 Å². The number of hydrogen-bond donors (Lipinski definition) is 0. The topological polar surface area (TPSA) is 58.7 Å². The Morgan fingerprint density at radius 1 is 1.25 bits per heavy atom. The van der Waals surface area contributed by atoms with E-state index in [1.165, 1.54) is 36.6 Å². The molecule has 0 amide bonds. The van der Waals surface area contributed by atoms with Crippen molar-refractivity contribution in [1.29, 1.82) is 5.26 Å². The Morgan fingerprint density at radius 3 is 2.79 bits per heavy atom. The highest BCUT2D eigenvalue weighted by Gasteiger charge is 2.43. The molecule has 0 radical (unpaired) electrons. The molecule has 1 spiro atoms. The van der Waals surface area contributed by atoms with Crippen LogP contribution in [-0.2, 0) is 18.4 Å². The van der Waals surface area contributed by atoms with Gasteiger partial charge >= 0.3 is 0 Å². The molecule has 28 heavy (non-hydrogen) atoms. The van der Waals surface area contributed by atoms with Crippen LogP contribution in [0.2, 0.25) is 0 Å². The molecule has 1 saturated carbocycles. The number of thioether (sulfide) groups is 1. The number of rotatable bonds is 5. The van der Waals surface area contributed by atoms with Gasteiger partial charge in [0.25, 0.3) is 5.56 Å². The number of fused-ring (bicyclic) bond motifs is 4. The molecule has 1 fully saturated rings. The molecule has 1 heterocycles. The third kappa shape index (κ3) is 3.28. The van der Waals surface area contributed by atoms with Crippen LogP contribution in [-0.4, -0.2) is 15.3 Å².